The quantitative estimate of drug-likeness (QED) is 0.500. The second-order valence-electron chi connectivity index (χ2n) is 3.14. The SMILES string of the molecule is c1cc(CCOCC2CO2)ccn1. The van der Waals surface area contributed by atoms with Crippen LogP contribution < -0.4 is 0 Å². The number of nitrogens with zero attached hydrogens (tertiary/aromatic N) is 1. The molecule has 1 aromatic rings. The number of hydrogen-bond donors (Lipinski definition) is 0. The van der Waals surface area contributed by atoms with Crippen molar-refractivity contribution in [3.63, 3.8) is 0 Å². The molecular formula is C10H13NO2. The largest absolute Gasteiger partial charge is 0.378 e. The van der Waals surface area contributed by atoms with E-state index in [2.05, 4.69) is 4.98 Å². The first-order valence-corrected chi connectivity index (χ1v) is 4.53. The van der Waals surface area contributed by atoms with Crippen LogP contribution in [-0.4, -0.2) is 30.9 Å². The highest BCUT2D eigenvalue weighted by Gasteiger charge is 2.21. The molecule has 1 aliphatic rings. The second-order valence-corrected chi connectivity index (χ2v) is 3.14. The minimum Gasteiger partial charge on any atom is -0.378 e. The minimum absolute atomic E-state index is 0.373. The number of epoxide rings is 1. The van der Waals surface area contributed by atoms with Gasteiger partial charge in [0.2, 0.25) is 0 Å². The molecule has 0 saturated carbocycles. The summed E-state index contributed by atoms with van der Waals surface area (Å²) in [6.07, 6.45) is 4.94. The second kappa shape index (κ2) is 4.35. The van der Waals surface area contributed by atoms with Crippen molar-refractivity contribution < 1.29 is 9.47 Å². The van der Waals surface area contributed by atoms with Gasteiger partial charge in [-0.3, -0.25) is 4.98 Å². The van der Waals surface area contributed by atoms with Gasteiger partial charge in [-0.1, -0.05) is 0 Å². The van der Waals surface area contributed by atoms with Crippen molar-refractivity contribution in [2.45, 2.75) is 12.5 Å². The van der Waals surface area contributed by atoms with Crippen molar-refractivity contribution in [3.8, 4) is 0 Å². The average Bonchev–Trinajstić information content (AvgIpc) is 2.98. The van der Waals surface area contributed by atoms with Gasteiger partial charge in [-0.15, -0.1) is 0 Å². The van der Waals surface area contributed by atoms with E-state index in [0.29, 0.717) is 6.10 Å². The van der Waals surface area contributed by atoms with Gasteiger partial charge in [0, 0.05) is 12.4 Å². The Morgan fingerprint density at radius 3 is 2.92 bits per heavy atom. The van der Waals surface area contributed by atoms with Crippen LogP contribution in [0, 0.1) is 0 Å². The molecule has 1 unspecified atom stereocenters. The van der Waals surface area contributed by atoms with Crippen molar-refractivity contribution in [2.24, 2.45) is 0 Å². The molecule has 2 heterocycles. The summed E-state index contributed by atoms with van der Waals surface area (Å²) in [4.78, 5) is 3.95. The molecule has 0 radical (unpaired) electrons. The molecule has 0 aromatic carbocycles. The van der Waals surface area contributed by atoms with Gasteiger partial charge in [0.1, 0.15) is 6.10 Å². The molecule has 13 heavy (non-hydrogen) atoms. The number of hydrogen-bond acceptors (Lipinski definition) is 3. The molecule has 0 aliphatic carbocycles. The molecule has 2 rings (SSSR count). The fraction of sp³-hybridized carbons (Fsp3) is 0.500. The van der Waals surface area contributed by atoms with Crippen LogP contribution in [0.2, 0.25) is 0 Å². The van der Waals surface area contributed by atoms with E-state index in [1.54, 1.807) is 12.4 Å². The molecule has 3 heteroatoms. The molecule has 0 N–H and O–H groups in total. The van der Waals surface area contributed by atoms with Crippen LogP contribution in [0.25, 0.3) is 0 Å². The van der Waals surface area contributed by atoms with Crippen LogP contribution in [0.15, 0.2) is 24.5 Å². The van der Waals surface area contributed by atoms with E-state index in [1.165, 1.54) is 5.56 Å². The third-order valence-electron chi connectivity index (χ3n) is 1.99. The van der Waals surface area contributed by atoms with Crippen LogP contribution in [0.4, 0.5) is 0 Å². The summed E-state index contributed by atoms with van der Waals surface area (Å²) in [5, 5.41) is 0. The number of pyridine rings is 1. The van der Waals surface area contributed by atoms with E-state index in [-0.39, 0.29) is 0 Å². The van der Waals surface area contributed by atoms with E-state index in [4.69, 9.17) is 9.47 Å². The highest BCUT2D eigenvalue weighted by atomic mass is 16.6. The van der Waals surface area contributed by atoms with Crippen molar-refractivity contribution in [1.82, 2.24) is 4.98 Å². The maximum absolute atomic E-state index is 5.42. The molecule has 1 aromatic heterocycles. The first-order chi connectivity index (χ1) is 6.45. The molecule has 1 aliphatic heterocycles. The number of ether oxygens (including phenoxy) is 2. The Hall–Kier alpha value is -0.930. The maximum atomic E-state index is 5.42. The van der Waals surface area contributed by atoms with Crippen LogP contribution in [0.1, 0.15) is 5.56 Å². The standard InChI is InChI=1S/C10H13NO2/c1-4-11-5-2-9(1)3-6-12-7-10-8-13-10/h1-2,4-5,10H,3,6-8H2. The van der Waals surface area contributed by atoms with Gasteiger partial charge in [0.25, 0.3) is 0 Å². The Morgan fingerprint density at radius 1 is 1.46 bits per heavy atom. The third-order valence-corrected chi connectivity index (χ3v) is 1.99. The van der Waals surface area contributed by atoms with Crippen LogP contribution in [0.3, 0.4) is 0 Å². The lowest BCUT2D eigenvalue weighted by atomic mass is 10.2. The lowest BCUT2D eigenvalue weighted by Crippen LogP contribution is -2.04. The van der Waals surface area contributed by atoms with Crippen LogP contribution in [0.5, 0.6) is 0 Å². The first-order valence-electron chi connectivity index (χ1n) is 4.53. The van der Waals surface area contributed by atoms with Gasteiger partial charge >= 0.3 is 0 Å². The summed E-state index contributed by atoms with van der Waals surface area (Å²) < 4.78 is 10.4. The first kappa shape index (κ1) is 8.66. The topological polar surface area (TPSA) is 34.6 Å². The van der Waals surface area contributed by atoms with Gasteiger partial charge in [-0.05, 0) is 24.1 Å². The lowest BCUT2D eigenvalue weighted by Gasteiger charge is -2.01. The van der Waals surface area contributed by atoms with Gasteiger partial charge in [-0.25, -0.2) is 0 Å². The Morgan fingerprint density at radius 2 is 2.23 bits per heavy atom. The number of rotatable bonds is 5. The third kappa shape index (κ3) is 3.13. The maximum Gasteiger partial charge on any atom is 0.104 e. The van der Waals surface area contributed by atoms with Crippen LogP contribution in [-0.2, 0) is 15.9 Å². The summed E-state index contributed by atoms with van der Waals surface area (Å²) in [6.45, 7) is 2.38. The molecule has 70 valence electrons. The monoisotopic (exact) mass is 179 g/mol. The van der Waals surface area contributed by atoms with Gasteiger partial charge < -0.3 is 9.47 Å². The predicted octanol–water partition coefficient (Wildman–Crippen LogP) is 1.04. The molecule has 0 amide bonds. The van der Waals surface area contributed by atoms with Gasteiger partial charge in [0.15, 0.2) is 0 Å². The predicted molar refractivity (Wildman–Crippen MR) is 48.5 cm³/mol. The summed E-state index contributed by atoms with van der Waals surface area (Å²) in [5.41, 5.74) is 1.27. The Kier molecular flexibility index (Phi) is 2.90. The lowest BCUT2D eigenvalue weighted by molar-refractivity contribution is 0.119. The highest BCUT2D eigenvalue weighted by Crippen LogP contribution is 2.08. The summed E-state index contributed by atoms with van der Waals surface area (Å²) in [7, 11) is 0. The molecular weight excluding hydrogens is 166 g/mol. The van der Waals surface area contributed by atoms with E-state index in [9.17, 15) is 0 Å². The van der Waals surface area contributed by atoms with Crippen molar-refractivity contribution in [3.05, 3.63) is 30.1 Å². The summed E-state index contributed by atoms with van der Waals surface area (Å²) >= 11 is 0. The zero-order valence-corrected chi connectivity index (χ0v) is 7.48. The summed E-state index contributed by atoms with van der Waals surface area (Å²) in [6, 6.07) is 4.02. The van der Waals surface area contributed by atoms with Crippen molar-refractivity contribution in [2.75, 3.05) is 19.8 Å². The fourth-order valence-electron chi connectivity index (χ4n) is 1.12. The fourth-order valence-corrected chi connectivity index (χ4v) is 1.12. The van der Waals surface area contributed by atoms with Crippen molar-refractivity contribution >= 4 is 0 Å². The Bertz CT molecular complexity index is 246. The van der Waals surface area contributed by atoms with Gasteiger partial charge in [-0.2, -0.15) is 0 Å². The summed E-state index contributed by atoms with van der Waals surface area (Å²) in [5.74, 6) is 0. The molecule has 3 nitrogen and oxygen atoms in total. The molecule has 1 atom stereocenters. The van der Waals surface area contributed by atoms with Crippen LogP contribution >= 0.6 is 0 Å². The molecule has 1 fully saturated rings. The zero-order valence-electron chi connectivity index (χ0n) is 7.48. The minimum atomic E-state index is 0.373. The Labute approximate surface area is 77.7 Å². The van der Waals surface area contributed by atoms with E-state index < -0.39 is 0 Å². The number of aromatic nitrogens is 1. The molecule has 0 bridgehead atoms. The molecule has 1 saturated heterocycles. The Balaban J connectivity index is 1.61. The van der Waals surface area contributed by atoms with E-state index in [0.717, 1.165) is 26.2 Å². The van der Waals surface area contributed by atoms with Crippen molar-refractivity contribution in [1.29, 1.82) is 0 Å². The highest BCUT2D eigenvalue weighted by molar-refractivity contribution is 5.09. The van der Waals surface area contributed by atoms with E-state index >= 15 is 0 Å². The smallest absolute Gasteiger partial charge is 0.104 e. The average molecular weight is 179 g/mol. The van der Waals surface area contributed by atoms with Gasteiger partial charge in [0.05, 0.1) is 19.8 Å². The zero-order chi connectivity index (χ0) is 8.93. The normalized spacial score (nSPS) is 20.2. The molecule has 0 spiro atoms. The van der Waals surface area contributed by atoms with E-state index in [1.807, 2.05) is 12.1 Å².